The third kappa shape index (κ3) is 14.3. The summed E-state index contributed by atoms with van der Waals surface area (Å²) in [5.41, 5.74) is -0.313. The van der Waals surface area contributed by atoms with Crippen molar-refractivity contribution in [3.05, 3.63) is 160 Å². The van der Waals surface area contributed by atoms with E-state index in [9.17, 15) is 168 Å². The molecule has 0 atom stereocenters. The normalized spacial score (nSPS) is 15.2. The number of carboxylic acids is 1. The number of alkyl halides is 34. The molecule has 0 bridgehead atoms. The van der Waals surface area contributed by atoms with Crippen molar-refractivity contribution in [1.29, 1.82) is 0 Å². The second kappa shape index (κ2) is 27.8. The molecule has 7 nitrogen and oxygen atoms in total. The summed E-state index contributed by atoms with van der Waals surface area (Å²) in [5, 5.41) is 9.54. The first-order valence-electron chi connectivity index (χ1n) is 29.3. The Hall–Kier alpha value is -7.72. The molecule has 0 unspecified atom stereocenters. The van der Waals surface area contributed by atoms with Gasteiger partial charge in [0, 0.05) is 23.7 Å². The van der Waals surface area contributed by atoms with Crippen LogP contribution in [0.3, 0.4) is 0 Å². The van der Waals surface area contributed by atoms with Gasteiger partial charge in [0.2, 0.25) is 0 Å². The van der Waals surface area contributed by atoms with Gasteiger partial charge in [0.25, 0.3) is 0 Å². The molecule has 105 heavy (non-hydrogen) atoms. The molecule has 0 saturated heterocycles. The highest BCUT2D eigenvalue weighted by atomic mass is 32.2. The number of halogens is 34. The van der Waals surface area contributed by atoms with Crippen molar-refractivity contribution < 1.29 is 181 Å². The number of allylic oxidation sites excluding steroid dienone is 1. The SMILES string of the molecule is CC(C)(c1ccc(OS(=O)(=O)c2cccc3c2CC=C3C(=O)O)cc1)c1ccc(C(C)(c2ccc(OCCCCC(F)(F)C(F)(F)C(F)(F)C(F)(F)C(F)(F)C(F)(F)C(F)(F)C(F)(F)F)cc2)c2ccc(OCCCCC(F)(F)C(F)(F)C(F)(F)C(F)(F)C(F)(F)C(F)(F)C(F)(F)C(F)(F)F)cc2)cc1. The van der Waals surface area contributed by atoms with Crippen molar-refractivity contribution in [2.75, 3.05) is 13.2 Å². The molecule has 0 radical (unpaired) electrons. The van der Waals surface area contributed by atoms with E-state index >= 15 is 0 Å². The van der Waals surface area contributed by atoms with Crippen LogP contribution in [-0.4, -0.2) is 128 Å². The quantitative estimate of drug-likeness (QED) is 0.0193. The van der Waals surface area contributed by atoms with Crippen LogP contribution in [-0.2, 0) is 32.2 Å². The Morgan fingerprint density at radius 3 is 0.981 bits per heavy atom. The fourth-order valence-corrected chi connectivity index (χ4v) is 11.7. The molecule has 0 spiro atoms. The molecule has 5 aromatic carbocycles. The zero-order chi connectivity index (χ0) is 80.6. The summed E-state index contributed by atoms with van der Waals surface area (Å²) < 4.78 is 512. The third-order valence-corrected chi connectivity index (χ3v) is 18.5. The Morgan fingerprint density at radius 2 is 0.657 bits per heavy atom. The maximum absolute atomic E-state index is 14.6. The van der Waals surface area contributed by atoms with Gasteiger partial charge >= 0.3 is 111 Å². The number of hydrogen-bond acceptors (Lipinski definition) is 6. The molecule has 42 heteroatoms. The minimum Gasteiger partial charge on any atom is -0.494 e. The minimum atomic E-state index is -8.82. The summed E-state index contributed by atoms with van der Waals surface area (Å²) in [4.78, 5) is 11.4. The lowest BCUT2D eigenvalue weighted by Gasteiger charge is -2.42. The fraction of sp³-hybridized carbons (Fsp3) is 0.476. The van der Waals surface area contributed by atoms with Gasteiger partial charge in [0.1, 0.15) is 22.1 Å². The monoisotopic (exact) mass is 1590 g/mol. The number of unbranched alkanes of at least 4 members (excludes halogenated alkanes) is 2. The van der Waals surface area contributed by atoms with Crippen LogP contribution in [0.15, 0.2) is 126 Å². The Morgan fingerprint density at radius 1 is 0.371 bits per heavy atom. The van der Waals surface area contributed by atoms with Crippen LogP contribution in [0.1, 0.15) is 98.2 Å². The molecular weight excluding hydrogens is 1550 g/mol. The molecule has 0 fully saturated rings. The molecule has 586 valence electrons. The van der Waals surface area contributed by atoms with Crippen LogP contribution in [0.5, 0.6) is 17.2 Å². The first-order valence-corrected chi connectivity index (χ1v) is 30.7. The number of hydrogen-bond donors (Lipinski definition) is 1. The van der Waals surface area contributed by atoms with Crippen molar-refractivity contribution in [2.45, 2.75) is 177 Å². The van der Waals surface area contributed by atoms with E-state index < -0.39 is 174 Å². The number of benzene rings is 5. The standard InChI is InChI=1S/C63H48F34O7S/c1-46(2,34-15-25-40(26-16-34)104-105(100,101)44-10-8-9-41-42(44)27-28-43(41)45(98)99)33-11-13-35(14-12-33)47(3,36-17-21-38(22-18-36)102-31-6-4-29-48(64,65)50(68,69)52(72,73)54(76,77)56(80,81)58(84,85)60(88,89)62(92,93)94)37-19-23-39(24-20-37)103-32-7-5-30-49(66,67)51(70,71)53(74,75)55(78,79)57(82,83)59(86,87)61(90,91)63(95,96)97/h8-26,28H,4-7,27,29-32H2,1-3H3,(H,98,99). The Labute approximate surface area is 569 Å². The predicted molar refractivity (Wildman–Crippen MR) is 297 cm³/mol. The highest BCUT2D eigenvalue weighted by molar-refractivity contribution is 7.87. The van der Waals surface area contributed by atoms with E-state index in [2.05, 4.69) is 0 Å². The molecule has 0 aliphatic heterocycles. The van der Waals surface area contributed by atoms with Crippen molar-refractivity contribution in [1.82, 2.24) is 0 Å². The maximum atomic E-state index is 14.6. The number of ether oxygens (including phenoxy) is 2. The molecule has 1 aliphatic rings. The second-order valence-corrected chi connectivity index (χ2v) is 25.8. The molecule has 1 N–H and O–H groups in total. The summed E-state index contributed by atoms with van der Waals surface area (Å²) in [6, 6.07) is 25.6. The smallest absolute Gasteiger partial charge is 0.460 e. The topological polar surface area (TPSA) is 99.1 Å². The molecule has 0 amide bonds. The van der Waals surface area contributed by atoms with Gasteiger partial charge in [-0.15, -0.1) is 0 Å². The van der Waals surface area contributed by atoms with E-state index in [1.807, 2.05) is 0 Å². The van der Waals surface area contributed by atoms with Crippen molar-refractivity contribution in [3.63, 3.8) is 0 Å². The van der Waals surface area contributed by atoms with Crippen molar-refractivity contribution in [3.8, 4) is 17.2 Å². The second-order valence-electron chi connectivity index (χ2n) is 24.3. The van der Waals surface area contributed by atoms with Crippen molar-refractivity contribution in [2.24, 2.45) is 0 Å². The van der Waals surface area contributed by atoms with Gasteiger partial charge in [-0.2, -0.15) is 158 Å². The molecule has 1 aliphatic carbocycles. The molecule has 0 heterocycles. The lowest BCUT2D eigenvalue weighted by molar-refractivity contribution is -0.461. The average Bonchev–Trinajstić information content (AvgIpc) is 0.813. The Kier molecular flexibility index (Phi) is 22.8. The number of fused-ring (bicyclic) bond motifs is 1. The number of carbonyl (C=O) groups is 1. The van der Waals surface area contributed by atoms with E-state index in [1.54, 1.807) is 38.1 Å². The van der Waals surface area contributed by atoms with E-state index in [0.717, 1.165) is 24.3 Å². The summed E-state index contributed by atoms with van der Waals surface area (Å²) >= 11 is 0. The van der Waals surface area contributed by atoms with Gasteiger partial charge < -0.3 is 18.8 Å². The summed E-state index contributed by atoms with van der Waals surface area (Å²) in [6.07, 6.45) is -25.1. The average molecular weight is 1600 g/mol. The zero-order valence-electron chi connectivity index (χ0n) is 52.6. The minimum absolute atomic E-state index is 0.0387. The lowest BCUT2D eigenvalue weighted by Crippen LogP contribution is -2.74. The number of carboxylic acid groups (broad SMARTS) is 1. The number of rotatable bonds is 33. The summed E-state index contributed by atoms with van der Waals surface area (Å²) in [6.45, 7) is 3.18. The van der Waals surface area contributed by atoms with Crippen LogP contribution in [0.2, 0.25) is 0 Å². The molecule has 0 aromatic heterocycles. The van der Waals surface area contributed by atoms with Crippen LogP contribution in [0.25, 0.3) is 5.57 Å². The van der Waals surface area contributed by atoms with Gasteiger partial charge in [-0.1, -0.05) is 92.7 Å². The first kappa shape index (κ1) is 86.2. The first-order chi connectivity index (χ1) is 47.2. The fourth-order valence-electron chi connectivity index (χ4n) is 10.5. The largest absolute Gasteiger partial charge is 0.494 e. The molecular formula is C63H48F34O7S. The van der Waals surface area contributed by atoms with Crippen LogP contribution in [0.4, 0.5) is 149 Å². The highest BCUT2D eigenvalue weighted by Crippen LogP contribution is 2.67. The van der Waals surface area contributed by atoms with Gasteiger partial charge in [0.15, 0.2) is 0 Å². The van der Waals surface area contributed by atoms with Crippen molar-refractivity contribution >= 4 is 21.7 Å². The zero-order valence-corrected chi connectivity index (χ0v) is 53.4. The highest BCUT2D eigenvalue weighted by Gasteiger charge is 2.97. The predicted octanol–water partition coefficient (Wildman–Crippen LogP) is 21.3. The van der Waals surface area contributed by atoms with Gasteiger partial charge in [-0.25, -0.2) is 4.79 Å². The van der Waals surface area contributed by atoms with E-state index in [-0.39, 0.29) is 56.4 Å². The third-order valence-electron chi connectivity index (χ3n) is 17.1. The molecule has 0 saturated carbocycles. The Balaban J connectivity index is 1.21. The van der Waals surface area contributed by atoms with Crippen LogP contribution in [0, 0.1) is 0 Å². The molecule has 5 aromatic rings. The van der Waals surface area contributed by atoms with Gasteiger partial charge in [0.05, 0.1) is 18.8 Å². The van der Waals surface area contributed by atoms with E-state index in [1.165, 1.54) is 79.7 Å². The van der Waals surface area contributed by atoms with Crippen LogP contribution < -0.4 is 13.7 Å². The summed E-state index contributed by atoms with van der Waals surface area (Å²) in [5.74, 6) is -117. The molecule has 6 rings (SSSR count). The van der Waals surface area contributed by atoms with Gasteiger partial charge in [-0.3, -0.25) is 0 Å². The maximum Gasteiger partial charge on any atom is 0.460 e. The van der Waals surface area contributed by atoms with Crippen LogP contribution >= 0.6 is 0 Å². The lowest BCUT2D eigenvalue weighted by atomic mass is 9.70. The van der Waals surface area contributed by atoms with E-state index in [0.29, 0.717) is 16.7 Å². The Bertz CT molecular complexity index is 3900. The summed E-state index contributed by atoms with van der Waals surface area (Å²) in [7, 11) is -4.56. The number of aliphatic carboxylic acids is 1. The van der Waals surface area contributed by atoms with Gasteiger partial charge in [-0.05, 0) is 120 Å². The van der Waals surface area contributed by atoms with E-state index in [4.69, 9.17) is 13.7 Å².